The Labute approximate surface area is 111 Å². The number of nitriles is 1. The van der Waals surface area contributed by atoms with Crippen LogP contribution in [0.15, 0.2) is 30.3 Å². The highest BCUT2D eigenvalue weighted by molar-refractivity contribution is 5.82. The third-order valence-electron chi connectivity index (χ3n) is 2.66. The molecule has 1 aromatic carbocycles. The maximum Gasteiger partial charge on any atom is 0.324 e. The molecule has 0 fully saturated rings. The fraction of sp³-hybridized carbons (Fsp3) is 0.231. The van der Waals surface area contributed by atoms with Crippen LogP contribution in [0, 0.1) is 11.3 Å². The summed E-state index contributed by atoms with van der Waals surface area (Å²) in [6.07, 6.45) is -3.78. The molecule has 1 heterocycles. The van der Waals surface area contributed by atoms with Crippen LogP contribution < -0.4 is 5.32 Å². The normalized spacial score (nSPS) is 11.6. The summed E-state index contributed by atoms with van der Waals surface area (Å²) in [4.78, 5) is 4.00. The Morgan fingerprint density at radius 1 is 1.30 bits per heavy atom. The van der Waals surface area contributed by atoms with E-state index in [2.05, 4.69) is 10.3 Å². The van der Waals surface area contributed by atoms with Gasteiger partial charge in [-0.25, -0.2) is 13.8 Å². The molecule has 7 heteroatoms. The van der Waals surface area contributed by atoms with Crippen LogP contribution >= 0.6 is 0 Å². The molecule has 0 bridgehead atoms. The first-order valence-corrected chi connectivity index (χ1v) is 5.64. The van der Waals surface area contributed by atoms with Gasteiger partial charge in [0.2, 0.25) is 0 Å². The van der Waals surface area contributed by atoms with E-state index in [9.17, 15) is 17.6 Å². The van der Waals surface area contributed by atoms with Gasteiger partial charge in [0.25, 0.3) is 0 Å². The second-order valence-electron chi connectivity index (χ2n) is 4.10. The summed E-state index contributed by atoms with van der Waals surface area (Å²) in [5.74, 6) is -4.31. The minimum Gasteiger partial charge on any atom is -0.363 e. The Morgan fingerprint density at radius 3 is 2.65 bits per heavy atom. The third-order valence-corrected chi connectivity index (χ3v) is 2.66. The van der Waals surface area contributed by atoms with Crippen molar-refractivity contribution in [2.24, 2.45) is 0 Å². The van der Waals surface area contributed by atoms with Crippen LogP contribution in [0.25, 0.3) is 10.9 Å². The van der Waals surface area contributed by atoms with E-state index in [1.165, 1.54) is 6.07 Å². The Morgan fingerprint density at radius 2 is 2.00 bits per heavy atom. The monoisotopic (exact) mass is 283 g/mol. The summed E-state index contributed by atoms with van der Waals surface area (Å²) in [7, 11) is 0. The van der Waals surface area contributed by atoms with E-state index in [0.717, 1.165) is 0 Å². The molecule has 0 saturated heterocycles. The largest absolute Gasteiger partial charge is 0.363 e. The average Bonchev–Trinajstić information content (AvgIpc) is 2.43. The minimum absolute atomic E-state index is 0.0220. The lowest BCUT2D eigenvalue weighted by Gasteiger charge is -2.16. The van der Waals surface area contributed by atoms with Gasteiger partial charge in [0.05, 0.1) is 17.6 Å². The number of aromatic nitrogens is 1. The molecule has 0 aliphatic heterocycles. The number of anilines is 1. The van der Waals surface area contributed by atoms with E-state index in [1.807, 2.05) is 0 Å². The van der Waals surface area contributed by atoms with Gasteiger partial charge in [0, 0.05) is 5.39 Å². The minimum atomic E-state index is -4.18. The standard InChI is InChI=1S/C13H9F4N3/c14-12(15)13(16,17)7-19-11-9(6-18)5-8-3-1-2-4-10(8)20-11/h1-5,12H,7H2,(H,19,20). The van der Waals surface area contributed by atoms with E-state index in [0.29, 0.717) is 10.9 Å². The summed E-state index contributed by atoms with van der Waals surface area (Å²) in [6, 6.07) is 10.0. The summed E-state index contributed by atoms with van der Waals surface area (Å²) in [5.41, 5.74) is 0.503. The Hall–Kier alpha value is -2.36. The van der Waals surface area contributed by atoms with Gasteiger partial charge < -0.3 is 5.32 Å². The van der Waals surface area contributed by atoms with Crippen LogP contribution in [-0.4, -0.2) is 23.9 Å². The lowest BCUT2D eigenvalue weighted by Crippen LogP contribution is -2.35. The lowest BCUT2D eigenvalue weighted by molar-refractivity contribution is -0.117. The van der Waals surface area contributed by atoms with Crippen LogP contribution in [-0.2, 0) is 0 Å². The molecule has 0 atom stereocenters. The molecule has 1 N–H and O–H groups in total. The quantitative estimate of drug-likeness (QED) is 0.875. The molecule has 0 saturated carbocycles. The zero-order valence-electron chi connectivity index (χ0n) is 10.1. The Bertz CT molecular complexity index is 664. The van der Waals surface area contributed by atoms with Gasteiger partial charge >= 0.3 is 12.3 Å². The second-order valence-corrected chi connectivity index (χ2v) is 4.10. The SMILES string of the molecule is N#Cc1cc2ccccc2nc1NCC(F)(F)C(F)F. The van der Waals surface area contributed by atoms with Crippen molar-refractivity contribution in [2.75, 3.05) is 11.9 Å². The second kappa shape index (κ2) is 5.33. The molecule has 1 aromatic heterocycles. The number of halogens is 4. The third kappa shape index (κ3) is 2.79. The van der Waals surface area contributed by atoms with Gasteiger partial charge in [0.15, 0.2) is 0 Å². The fourth-order valence-corrected chi connectivity index (χ4v) is 1.61. The average molecular weight is 283 g/mol. The van der Waals surface area contributed by atoms with Gasteiger partial charge in [-0.2, -0.15) is 14.0 Å². The highest BCUT2D eigenvalue weighted by Gasteiger charge is 2.40. The number of nitrogens with zero attached hydrogens (tertiary/aromatic N) is 2. The van der Waals surface area contributed by atoms with E-state index < -0.39 is 18.9 Å². The van der Waals surface area contributed by atoms with E-state index in [1.54, 1.807) is 30.3 Å². The predicted molar refractivity (Wildman–Crippen MR) is 65.9 cm³/mol. The predicted octanol–water partition coefficient (Wildman–Crippen LogP) is 3.42. The lowest BCUT2D eigenvalue weighted by atomic mass is 10.1. The van der Waals surface area contributed by atoms with Gasteiger partial charge in [-0.15, -0.1) is 0 Å². The first-order chi connectivity index (χ1) is 9.44. The highest BCUT2D eigenvalue weighted by atomic mass is 19.3. The molecule has 104 valence electrons. The number of hydrogen-bond acceptors (Lipinski definition) is 3. The van der Waals surface area contributed by atoms with Crippen LogP contribution in [0.4, 0.5) is 23.4 Å². The molecule has 3 nitrogen and oxygen atoms in total. The van der Waals surface area contributed by atoms with Crippen molar-refractivity contribution in [1.29, 1.82) is 5.26 Å². The maximum absolute atomic E-state index is 12.9. The first kappa shape index (κ1) is 14.1. The molecular formula is C13H9F4N3. The summed E-state index contributed by atoms with van der Waals surface area (Å²) >= 11 is 0. The summed E-state index contributed by atoms with van der Waals surface area (Å²) < 4.78 is 49.9. The van der Waals surface area contributed by atoms with Gasteiger partial charge in [-0.05, 0) is 12.1 Å². The molecule has 0 aliphatic carbocycles. The molecule has 0 aliphatic rings. The molecular weight excluding hydrogens is 274 g/mol. The van der Waals surface area contributed by atoms with Crippen molar-refractivity contribution in [3.8, 4) is 6.07 Å². The number of rotatable bonds is 4. The Kier molecular flexibility index (Phi) is 3.74. The topological polar surface area (TPSA) is 48.7 Å². The van der Waals surface area contributed by atoms with Crippen molar-refractivity contribution in [3.05, 3.63) is 35.9 Å². The van der Waals surface area contributed by atoms with Crippen LogP contribution in [0.5, 0.6) is 0 Å². The maximum atomic E-state index is 12.9. The van der Waals surface area contributed by atoms with Crippen molar-refractivity contribution >= 4 is 16.7 Å². The van der Waals surface area contributed by atoms with Crippen LogP contribution in [0.1, 0.15) is 5.56 Å². The van der Waals surface area contributed by atoms with E-state index in [-0.39, 0.29) is 11.4 Å². The van der Waals surface area contributed by atoms with Crippen LogP contribution in [0.3, 0.4) is 0 Å². The smallest absolute Gasteiger partial charge is 0.324 e. The van der Waals surface area contributed by atoms with Crippen LogP contribution in [0.2, 0.25) is 0 Å². The highest BCUT2D eigenvalue weighted by Crippen LogP contribution is 2.25. The molecule has 2 aromatic rings. The van der Waals surface area contributed by atoms with E-state index in [4.69, 9.17) is 5.26 Å². The molecule has 0 amide bonds. The summed E-state index contributed by atoms with van der Waals surface area (Å²) in [6.45, 7) is -1.29. The number of nitrogens with one attached hydrogen (secondary N) is 1. The number of para-hydroxylation sites is 1. The molecule has 0 spiro atoms. The van der Waals surface area contributed by atoms with Gasteiger partial charge in [-0.3, -0.25) is 0 Å². The first-order valence-electron chi connectivity index (χ1n) is 5.64. The zero-order chi connectivity index (χ0) is 14.8. The molecule has 0 radical (unpaired) electrons. The molecule has 2 rings (SSSR count). The number of pyridine rings is 1. The number of fused-ring (bicyclic) bond motifs is 1. The zero-order valence-corrected chi connectivity index (χ0v) is 10.1. The van der Waals surface area contributed by atoms with Crippen molar-refractivity contribution in [1.82, 2.24) is 4.98 Å². The molecule has 0 unspecified atom stereocenters. The summed E-state index contributed by atoms with van der Waals surface area (Å²) in [5, 5.41) is 11.7. The van der Waals surface area contributed by atoms with E-state index >= 15 is 0 Å². The number of hydrogen-bond donors (Lipinski definition) is 1. The Balaban J connectivity index is 2.32. The van der Waals surface area contributed by atoms with Gasteiger partial charge in [-0.1, -0.05) is 18.2 Å². The van der Waals surface area contributed by atoms with Crippen molar-refractivity contribution < 1.29 is 17.6 Å². The van der Waals surface area contributed by atoms with Crippen molar-refractivity contribution in [3.63, 3.8) is 0 Å². The van der Waals surface area contributed by atoms with Crippen molar-refractivity contribution in [2.45, 2.75) is 12.3 Å². The van der Waals surface area contributed by atoms with Gasteiger partial charge in [0.1, 0.15) is 11.9 Å². The molecule has 20 heavy (non-hydrogen) atoms. The number of benzene rings is 1. The number of alkyl halides is 4. The fourth-order valence-electron chi connectivity index (χ4n) is 1.61.